The van der Waals surface area contributed by atoms with E-state index in [1.54, 1.807) is 0 Å². The number of carboxylic acid groups (broad SMARTS) is 1. The van der Waals surface area contributed by atoms with Crippen molar-refractivity contribution in [2.45, 2.75) is 6.92 Å². The molecule has 2 aromatic rings. The number of esters is 1. The molecular weight excluding hydrogens is 322 g/mol. The molecule has 0 aliphatic heterocycles. The van der Waals surface area contributed by atoms with E-state index in [-0.39, 0.29) is 21.8 Å². The third-order valence-corrected chi connectivity index (χ3v) is 3.06. The van der Waals surface area contributed by atoms with Crippen LogP contribution in [0.2, 0.25) is 5.02 Å². The second kappa shape index (κ2) is 6.93. The van der Waals surface area contributed by atoms with Crippen molar-refractivity contribution in [2.75, 3.05) is 5.32 Å². The first-order chi connectivity index (χ1) is 10.9. The van der Waals surface area contributed by atoms with Gasteiger partial charge in [-0.2, -0.15) is 0 Å². The summed E-state index contributed by atoms with van der Waals surface area (Å²) >= 11 is 5.81. The van der Waals surface area contributed by atoms with Crippen LogP contribution in [0.15, 0.2) is 42.5 Å². The van der Waals surface area contributed by atoms with Crippen LogP contribution in [-0.2, 0) is 4.79 Å². The van der Waals surface area contributed by atoms with Gasteiger partial charge in [-0.3, -0.25) is 9.59 Å². The van der Waals surface area contributed by atoms with Gasteiger partial charge in [-0.15, -0.1) is 0 Å². The summed E-state index contributed by atoms with van der Waals surface area (Å²) in [6, 6.07) is 9.74. The largest absolute Gasteiger partial charge is 0.545 e. The molecule has 0 fully saturated rings. The molecule has 2 aromatic carbocycles. The van der Waals surface area contributed by atoms with Crippen LogP contribution >= 0.6 is 11.6 Å². The second-order valence-electron chi connectivity index (χ2n) is 4.55. The Balaban J connectivity index is 2.20. The molecule has 23 heavy (non-hydrogen) atoms. The number of benzene rings is 2. The Labute approximate surface area is 136 Å². The van der Waals surface area contributed by atoms with Gasteiger partial charge in [-0.05, 0) is 42.5 Å². The van der Waals surface area contributed by atoms with Crippen molar-refractivity contribution in [3.05, 3.63) is 58.6 Å². The number of carboxylic acids is 1. The first-order valence-corrected chi connectivity index (χ1v) is 6.85. The highest BCUT2D eigenvalue weighted by molar-refractivity contribution is 6.31. The van der Waals surface area contributed by atoms with Gasteiger partial charge < -0.3 is 20.0 Å². The monoisotopic (exact) mass is 332 g/mol. The molecule has 2 rings (SSSR count). The van der Waals surface area contributed by atoms with Crippen molar-refractivity contribution in [1.29, 1.82) is 0 Å². The second-order valence-corrected chi connectivity index (χ2v) is 4.99. The zero-order valence-corrected chi connectivity index (χ0v) is 12.7. The van der Waals surface area contributed by atoms with Gasteiger partial charge in [0.15, 0.2) is 0 Å². The van der Waals surface area contributed by atoms with Crippen LogP contribution in [0.4, 0.5) is 5.69 Å². The van der Waals surface area contributed by atoms with E-state index in [4.69, 9.17) is 16.3 Å². The lowest BCUT2D eigenvalue weighted by molar-refractivity contribution is -0.254. The number of amides is 1. The fourth-order valence-corrected chi connectivity index (χ4v) is 2.00. The fourth-order valence-electron chi connectivity index (χ4n) is 1.83. The van der Waals surface area contributed by atoms with Crippen molar-refractivity contribution >= 4 is 35.1 Å². The number of carbonyl (C=O) groups excluding carboxylic acids is 3. The van der Waals surface area contributed by atoms with Gasteiger partial charge in [-0.1, -0.05) is 11.6 Å². The smallest absolute Gasteiger partial charge is 0.308 e. The SMILES string of the molecule is CC(=O)Oc1ccc(C(=O)Nc2cc(Cl)ccc2C(=O)[O-])cc1. The number of hydrogen-bond acceptors (Lipinski definition) is 5. The van der Waals surface area contributed by atoms with Gasteiger partial charge in [0.25, 0.3) is 5.91 Å². The van der Waals surface area contributed by atoms with Crippen LogP contribution in [0, 0.1) is 0 Å². The Morgan fingerprint density at radius 1 is 1.09 bits per heavy atom. The van der Waals surface area contributed by atoms with Crippen LogP contribution in [0.1, 0.15) is 27.6 Å². The summed E-state index contributed by atoms with van der Waals surface area (Å²) < 4.78 is 4.86. The van der Waals surface area contributed by atoms with E-state index in [2.05, 4.69) is 5.32 Å². The maximum atomic E-state index is 12.2. The van der Waals surface area contributed by atoms with E-state index in [0.717, 1.165) is 0 Å². The summed E-state index contributed by atoms with van der Waals surface area (Å²) in [5.41, 5.74) is 0.107. The molecule has 0 aromatic heterocycles. The summed E-state index contributed by atoms with van der Waals surface area (Å²) in [5, 5.41) is 13.8. The highest BCUT2D eigenvalue weighted by Crippen LogP contribution is 2.22. The zero-order chi connectivity index (χ0) is 17.0. The maximum absolute atomic E-state index is 12.2. The number of carbonyl (C=O) groups is 3. The minimum Gasteiger partial charge on any atom is -0.545 e. The number of anilines is 1. The molecule has 6 nitrogen and oxygen atoms in total. The lowest BCUT2D eigenvalue weighted by Gasteiger charge is -2.12. The van der Waals surface area contributed by atoms with Crippen molar-refractivity contribution in [3.63, 3.8) is 0 Å². The molecule has 0 atom stereocenters. The molecule has 0 spiro atoms. The molecular formula is C16H11ClNO5-. The summed E-state index contributed by atoms with van der Waals surface area (Å²) in [7, 11) is 0. The molecule has 1 amide bonds. The molecule has 0 saturated carbocycles. The Kier molecular flexibility index (Phi) is 4.98. The summed E-state index contributed by atoms with van der Waals surface area (Å²) in [6.45, 7) is 1.27. The van der Waals surface area contributed by atoms with E-state index in [1.807, 2.05) is 0 Å². The van der Waals surface area contributed by atoms with E-state index in [9.17, 15) is 19.5 Å². The standard InChI is InChI=1S/C16H12ClNO5/c1-9(19)23-12-5-2-10(3-6-12)15(20)18-14-8-11(17)4-7-13(14)16(21)22/h2-8H,1H3,(H,18,20)(H,21,22)/p-1. The first kappa shape index (κ1) is 16.5. The number of nitrogens with one attached hydrogen (secondary N) is 1. The topological polar surface area (TPSA) is 95.5 Å². The Hall–Kier alpha value is -2.86. The average Bonchev–Trinajstić information content (AvgIpc) is 2.47. The molecule has 1 N–H and O–H groups in total. The number of halogens is 1. The molecule has 7 heteroatoms. The average molecular weight is 333 g/mol. The number of rotatable bonds is 4. The molecule has 0 heterocycles. The number of aromatic carboxylic acids is 1. The Morgan fingerprint density at radius 3 is 2.30 bits per heavy atom. The van der Waals surface area contributed by atoms with Crippen LogP contribution in [0.5, 0.6) is 5.75 Å². The summed E-state index contributed by atoms with van der Waals surface area (Å²) in [5.74, 6) is -2.14. The third-order valence-electron chi connectivity index (χ3n) is 2.83. The van der Waals surface area contributed by atoms with Crippen molar-refractivity contribution in [2.24, 2.45) is 0 Å². The van der Waals surface area contributed by atoms with Crippen LogP contribution in [0.25, 0.3) is 0 Å². The molecule has 0 saturated heterocycles. The van der Waals surface area contributed by atoms with E-state index < -0.39 is 17.8 Å². The zero-order valence-electron chi connectivity index (χ0n) is 12.0. The lowest BCUT2D eigenvalue weighted by Crippen LogP contribution is -2.24. The number of hydrogen-bond donors (Lipinski definition) is 1. The van der Waals surface area contributed by atoms with Crippen LogP contribution < -0.4 is 15.2 Å². The van der Waals surface area contributed by atoms with Gasteiger partial charge in [0, 0.05) is 23.1 Å². The van der Waals surface area contributed by atoms with Gasteiger partial charge in [0.2, 0.25) is 0 Å². The van der Waals surface area contributed by atoms with Crippen molar-refractivity contribution < 1.29 is 24.2 Å². The van der Waals surface area contributed by atoms with Crippen molar-refractivity contribution in [3.8, 4) is 5.75 Å². The minimum atomic E-state index is -1.43. The lowest BCUT2D eigenvalue weighted by atomic mass is 10.1. The van der Waals surface area contributed by atoms with Gasteiger partial charge >= 0.3 is 5.97 Å². The Bertz CT molecular complexity index is 771. The van der Waals surface area contributed by atoms with E-state index >= 15 is 0 Å². The fraction of sp³-hybridized carbons (Fsp3) is 0.0625. The van der Waals surface area contributed by atoms with E-state index in [1.165, 1.54) is 49.4 Å². The number of ether oxygens (including phenoxy) is 1. The molecule has 0 bridgehead atoms. The third kappa shape index (κ3) is 4.31. The molecule has 0 radical (unpaired) electrons. The maximum Gasteiger partial charge on any atom is 0.308 e. The summed E-state index contributed by atoms with van der Waals surface area (Å²) in [6.07, 6.45) is 0. The van der Waals surface area contributed by atoms with E-state index in [0.29, 0.717) is 5.75 Å². The van der Waals surface area contributed by atoms with Gasteiger partial charge in [-0.25, -0.2) is 0 Å². The molecule has 0 aliphatic rings. The Morgan fingerprint density at radius 2 is 1.74 bits per heavy atom. The van der Waals surface area contributed by atoms with Crippen LogP contribution in [0.3, 0.4) is 0 Å². The van der Waals surface area contributed by atoms with Crippen LogP contribution in [-0.4, -0.2) is 17.8 Å². The van der Waals surface area contributed by atoms with Gasteiger partial charge in [0.1, 0.15) is 5.75 Å². The molecule has 118 valence electrons. The van der Waals surface area contributed by atoms with Crippen molar-refractivity contribution in [1.82, 2.24) is 0 Å². The molecule has 0 aliphatic carbocycles. The quantitative estimate of drug-likeness (QED) is 0.681. The van der Waals surface area contributed by atoms with Gasteiger partial charge in [0.05, 0.1) is 11.7 Å². The molecule has 0 unspecified atom stereocenters. The predicted molar refractivity (Wildman–Crippen MR) is 81.5 cm³/mol. The highest BCUT2D eigenvalue weighted by Gasteiger charge is 2.11. The predicted octanol–water partition coefficient (Wildman–Crippen LogP) is 1.88. The highest BCUT2D eigenvalue weighted by atomic mass is 35.5. The first-order valence-electron chi connectivity index (χ1n) is 6.47. The normalized spacial score (nSPS) is 10.0. The summed E-state index contributed by atoms with van der Waals surface area (Å²) in [4.78, 5) is 34.0. The minimum absolute atomic E-state index is 0.0339.